The van der Waals surface area contributed by atoms with Gasteiger partial charge >= 0.3 is 23.9 Å². The van der Waals surface area contributed by atoms with Gasteiger partial charge in [0.15, 0.2) is 11.5 Å². The summed E-state index contributed by atoms with van der Waals surface area (Å²) in [5.74, 6) is -1.65. The molecule has 1 N–H and O–H groups in total. The number of aliphatic hydroxyl groups is 1. The Kier molecular flexibility index (Phi) is 9.85. The maximum atomic E-state index is 12.9. The van der Waals surface area contributed by atoms with Crippen LogP contribution in [0.5, 0.6) is 28.7 Å². The van der Waals surface area contributed by atoms with Gasteiger partial charge in [-0.1, -0.05) is 6.07 Å². The molecule has 1 heterocycles. The van der Waals surface area contributed by atoms with E-state index in [2.05, 4.69) is 0 Å². The van der Waals surface area contributed by atoms with Crippen molar-refractivity contribution in [3.8, 4) is 28.7 Å². The Labute approximate surface area is 265 Å². The second kappa shape index (κ2) is 12.5. The molecule has 0 radical (unpaired) electrons. The summed E-state index contributed by atoms with van der Waals surface area (Å²) in [6, 6.07) is 7.51. The van der Waals surface area contributed by atoms with E-state index in [4.69, 9.17) is 23.7 Å². The lowest BCUT2D eigenvalue weighted by atomic mass is 9.93. The minimum Gasteiger partial charge on any atom is -0.482 e. The molecule has 2 aromatic carbocycles. The summed E-state index contributed by atoms with van der Waals surface area (Å²) in [6.07, 6.45) is -2.07. The SMILES string of the molecule is CC(C)(C)C(=O)Oc1cc(OC(=O)C(C)(C)C)c2c(c1)O[C@H](c1ccc(OC(=O)C(C)(C)C)c(OC(=O)C(C)(C)C)c1)[C@@H](O)C2. The Morgan fingerprint density at radius 3 is 1.56 bits per heavy atom. The zero-order valence-corrected chi connectivity index (χ0v) is 28.4. The molecule has 10 heteroatoms. The van der Waals surface area contributed by atoms with Crippen LogP contribution in [0.25, 0.3) is 0 Å². The molecule has 246 valence electrons. The highest BCUT2D eigenvalue weighted by atomic mass is 16.6. The Bertz CT molecular complexity index is 1480. The van der Waals surface area contributed by atoms with E-state index in [1.165, 1.54) is 24.3 Å². The number of aliphatic hydroxyl groups excluding tert-OH is 1. The molecule has 10 nitrogen and oxygen atoms in total. The number of ether oxygens (including phenoxy) is 5. The Hall–Kier alpha value is -3.92. The number of carbonyl (C=O) groups is 4. The first-order valence-corrected chi connectivity index (χ1v) is 14.9. The first kappa shape index (κ1) is 35.6. The second-order valence-corrected chi connectivity index (χ2v) is 15.5. The normalized spacial score (nSPS) is 17.0. The van der Waals surface area contributed by atoms with Gasteiger partial charge in [-0.2, -0.15) is 0 Å². The van der Waals surface area contributed by atoms with Crippen molar-refractivity contribution in [1.29, 1.82) is 0 Å². The molecular weight excluding hydrogens is 580 g/mol. The van der Waals surface area contributed by atoms with Gasteiger partial charge in [0.1, 0.15) is 23.4 Å². The average molecular weight is 627 g/mol. The van der Waals surface area contributed by atoms with Crippen molar-refractivity contribution >= 4 is 23.9 Å². The lowest BCUT2D eigenvalue weighted by molar-refractivity contribution is -0.145. The Morgan fingerprint density at radius 2 is 1.07 bits per heavy atom. The van der Waals surface area contributed by atoms with Crippen molar-refractivity contribution in [2.24, 2.45) is 21.7 Å². The van der Waals surface area contributed by atoms with Gasteiger partial charge in [0.25, 0.3) is 0 Å². The number of hydrogen-bond donors (Lipinski definition) is 1. The van der Waals surface area contributed by atoms with Gasteiger partial charge in [0.05, 0.1) is 27.8 Å². The first-order chi connectivity index (χ1) is 20.4. The van der Waals surface area contributed by atoms with Crippen molar-refractivity contribution in [3.05, 3.63) is 41.5 Å². The van der Waals surface area contributed by atoms with Crippen LogP contribution in [0.2, 0.25) is 0 Å². The molecule has 0 fully saturated rings. The van der Waals surface area contributed by atoms with E-state index < -0.39 is 57.7 Å². The van der Waals surface area contributed by atoms with Crippen LogP contribution in [-0.2, 0) is 25.6 Å². The number of esters is 4. The topological polar surface area (TPSA) is 135 Å². The minimum absolute atomic E-state index is 0.0146. The number of fused-ring (bicyclic) bond motifs is 1. The van der Waals surface area contributed by atoms with Crippen LogP contribution in [0, 0.1) is 21.7 Å². The number of benzene rings is 2. The minimum atomic E-state index is -1.12. The number of hydrogen-bond acceptors (Lipinski definition) is 10. The third-order valence-corrected chi connectivity index (χ3v) is 6.72. The van der Waals surface area contributed by atoms with E-state index in [1.54, 1.807) is 89.2 Å². The van der Waals surface area contributed by atoms with Gasteiger partial charge in [0, 0.05) is 24.1 Å². The number of carbonyl (C=O) groups excluding carboxylic acids is 4. The molecule has 2 aromatic rings. The van der Waals surface area contributed by atoms with E-state index in [0.29, 0.717) is 11.1 Å². The summed E-state index contributed by atoms with van der Waals surface area (Å²) in [7, 11) is 0. The highest BCUT2D eigenvalue weighted by Gasteiger charge is 2.36. The van der Waals surface area contributed by atoms with Gasteiger partial charge in [-0.25, -0.2) is 0 Å². The molecular formula is C35H46O10. The quantitative estimate of drug-likeness (QED) is 0.288. The monoisotopic (exact) mass is 626 g/mol. The lowest BCUT2D eigenvalue weighted by Gasteiger charge is -2.33. The van der Waals surface area contributed by atoms with Crippen molar-refractivity contribution < 1.29 is 48.0 Å². The molecule has 0 amide bonds. The summed E-state index contributed by atoms with van der Waals surface area (Å²) in [5, 5.41) is 11.3. The molecule has 0 spiro atoms. The van der Waals surface area contributed by atoms with Crippen molar-refractivity contribution in [2.45, 2.75) is 102 Å². The van der Waals surface area contributed by atoms with Crippen LogP contribution >= 0.6 is 0 Å². The fraction of sp³-hybridized carbons (Fsp3) is 0.543. The zero-order chi connectivity index (χ0) is 34.3. The van der Waals surface area contributed by atoms with Gasteiger partial charge in [-0.3, -0.25) is 19.2 Å². The predicted octanol–water partition coefficient (Wildman–Crippen LogP) is 6.53. The maximum absolute atomic E-state index is 12.9. The van der Waals surface area contributed by atoms with Crippen LogP contribution in [0.4, 0.5) is 0 Å². The highest BCUT2D eigenvalue weighted by Crippen LogP contribution is 2.45. The Morgan fingerprint density at radius 1 is 0.622 bits per heavy atom. The lowest BCUT2D eigenvalue weighted by Crippen LogP contribution is -2.32. The second-order valence-electron chi connectivity index (χ2n) is 15.5. The third-order valence-electron chi connectivity index (χ3n) is 6.72. The van der Waals surface area contributed by atoms with Crippen LogP contribution in [-0.4, -0.2) is 35.1 Å². The first-order valence-electron chi connectivity index (χ1n) is 14.9. The van der Waals surface area contributed by atoms with Crippen LogP contribution < -0.4 is 23.7 Å². The van der Waals surface area contributed by atoms with Crippen molar-refractivity contribution in [2.75, 3.05) is 0 Å². The van der Waals surface area contributed by atoms with Crippen molar-refractivity contribution in [3.63, 3.8) is 0 Å². The molecule has 1 aliphatic rings. The van der Waals surface area contributed by atoms with Crippen LogP contribution in [0.3, 0.4) is 0 Å². The summed E-state index contributed by atoms with van der Waals surface area (Å²) >= 11 is 0. The van der Waals surface area contributed by atoms with E-state index in [9.17, 15) is 24.3 Å². The number of rotatable bonds is 5. The summed E-state index contributed by atoms with van der Waals surface area (Å²) in [6.45, 7) is 20.4. The van der Waals surface area contributed by atoms with Gasteiger partial charge in [0.2, 0.25) is 0 Å². The van der Waals surface area contributed by atoms with Crippen molar-refractivity contribution in [1.82, 2.24) is 0 Å². The van der Waals surface area contributed by atoms with E-state index in [-0.39, 0.29) is 35.2 Å². The van der Waals surface area contributed by atoms with Crippen LogP contribution in [0.1, 0.15) is 100 Å². The highest BCUT2D eigenvalue weighted by molar-refractivity contribution is 5.82. The standard InChI is InChI=1S/C35H46O10/c1-32(2,3)28(37)41-20-16-24-21(25(17-20)44-30(39)34(7,8)9)18-22(36)27(42-24)19-13-14-23(43-29(38)33(4,5)6)26(15-19)45-31(40)35(10,11)12/h13-17,22,27,36H,18H2,1-12H3/t22-,27+/m0/s1. The fourth-order valence-corrected chi connectivity index (χ4v) is 3.76. The maximum Gasteiger partial charge on any atom is 0.316 e. The third kappa shape index (κ3) is 8.84. The molecule has 0 saturated carbocycles. The van der Waals surface area contributed by atoms with E-state index in [0.717, 1.165) is 0 Å². The fourth-order valence-electron chi connectivity index (χ4n) is 3.76. The van der Waals surface area contributed by atoms with E-state index in [1.807, 2.05) is 0 Å². The average Bonchev–Trinajstić information content (AvgIpc) is 2.87. The molecule has 0 aromatic heterocycles. The summed E-state index contributed by atoms with van der Waals surface area (Å²) < 4.78 is 28.9. The molecule has 2 atom stereocenters. The largest absolute Gasteiger partial charge is 0.482 e. The molecule has 0 aliphatic carbocycles. The van der Waals surface area contributed by atoms with Crippen LogP contribution in [0.15, 0.2) is 30.3 Å². The molecule has 1 aliphatic heterocycles. The zero-order valence-electron chi connectivity index (χ0n) is 28.4. The molecule has 45 heavy (non-hydrogen) atoms. The smallest absolute Gasteiger partial charge is 0.316 e. The van der Waals surface area contributed by atoms with Gasteiger partial charge in [-0.05, 0) is 101 Å². The molecule has 0 saturated heterocycles. The predicted molar refractivity (Wildman–Crippen MR) is 166 cm³/mol. The molecule has 3 rings (SSSR count). The summed E-state index contributed by atoms with van der Waals surface area (Å²) in [5.41, 5.74) is -2.48. The van der Waals surface area contributed by atoms with Gasteiger partial charge < -0.3 is 28.8 Å². The van der Waals surface area contributed by atoms with E-state index >= 15 is 0 Å². The molecule has 0 unspecified atom stereocenters. The Balaban J connectivity index is 2.08. The summed E-state index contributed by atoms with van der Waals surface area (Å²) in [4.78, 5) is 51.1. The van der Waals surface area contributed by atoms with Gasteiger partial charge in [-0.15, -0.1) is 0 Å². The molecule has 0 bridgehead atoms.